The zero-order valence-electron chi connectivity index (χ0n) is 16.3. The lowest BCUT2D eigenvalue weighted by atomic mass is 9.76. The minimum atomic E-state index is -0.737. The summed E-state index contributed by atoms with van der Waals surface area (Å²) < 4.78 is 19.4. The second kappa shape index (κ2) is 6.25. The number of ether oxygens (including phenoxy) is 1. The van der Waals surface area contributed by atoms with Crippen molar-refractivity contribution in [3.8, 4) is 0 Å². The number of aromatic nitrogens is 2. The monoisotopic (exact) mass is 408 g/mol. The minimum absolute atomic E-state index is 0.0277. The molecule has 6 rings (SSSR count). The molecule has 1 spiro atoms. The molecule has 0 radical (unpaired) electrons. The lowest BCUT2D eigenvalue weighted by Crippen LogP contribution is -2.47. The summed E-state index contributed by atoms with van der Waals surface area (Å²) in [6, 6.07) is 6.15. The maximum atomic E-state index is 13.5. The van der Waals surface area contributed by atoms with Gasteiger partial charge >= 0.3 is 0 Å². The van der Waals surface area contributed by atoms with Crippen LogP contribution in [0.4, 0.5) is 4.39 Å². The van der Waals surface area contributed by atoms with Gasteiger partial charge in [0, 0.05) is 37.3 Å². The number of hydrogen-bond donors (Lipinski definition) is 1. The lowest BCUT2D eigenvalue weighted by molar-refractivity contribution is -0.144. The molecule has 2 unspecified atom stereocenters. The molecule has 0 aliphatic carbocycles. The average molecular weight is 408 g/mol. The molecule has 5 heterocycles. The number of nitrogens with one attached hydrogen (secondary N) is 1. The number of amides is 2. The molecule has 7 nitrogen and oxygen atoms in total. The van der Waals surface area contributed by atoms with Gasteiger partial charge in [0.05, 0.1) is 30.7 Å². The zero-order valence-corrected chi connectivity index (χ0v) is 16.3. The van der Waals surface area contributed by atoms with Gasteiger partial charge in [-0.2, -0.15) is 5.10 Å². The van der Waals surface area contributed by atoms with Crippen LogP contribution in [0.15, 0.2) is 42.6 Å². The number of carbonyl (C=O) groups is 2. The highest BCUT2D eigenvalue weighted by molar-refractivity contribution is 5.93. The Bertz CT molecular complexity index is 1060. The largest absolute Gasteiger partial charge is 0.360 e. The van der Waals surface area contributed by atoms with Gasteiger partial charge in [-0.25, -0.2) is 4.39 Å². The van der Waals surface area contributed by atoms with Gasteiger partial charge in [0.25, 0.3) is 0 Å². The fraction of sp³-hybridized carbons (Fsp3) is 0.409. The van der Waals surface area contributed by atoms with Crippen LogP contribution in [-0.2, 0) is 33.8 Å². The first-order valence-electron chi connectivity index (χ1n) is 10.2. The number of nitrogens with zero attached hydrogens (tertiary/aromatic N) is 3. The summed E-state index contributed by atoms with van der Waals surface area (Å²) in [5, 5.41) is 7.05. The third-order valence-corrected chi connectivity index (χ3v) is 6.86. The molecular formula is C22H21FN4O3. The van der Waals surface area contributed by atoms with E-state index in [2.05, 4.69) is 10.2 Å². The van der Waals surface area contributed by atoms with Crippen LogP contribution in [0.25, 0.3) is 0 Å². The quantitative estimate of drug-likeness (QED) is 0.780. The maximum Gasteiger partial charge on any atom is 0.230 e. The van der Waals surface area contributed by atoms with Gasteiger partial charge in [0.2, 0.25) is 11.8 Å². The molecule has 2 amide bonds. The summed E-state index contributed by atoms with van der Waals surface area (Å²) in [5.74, 6) is -1.41. The maximum absolute atomic E-state index is 13.5. The number of benzene rings is 1. The number of H-pyrrole nitrogens is 1. The van der Waals surface area contributed by atoms with E-state index in [0.29, 0.717) is 26.2 Å². The van der Waals surface area contributed by atoms with Crippen molar-refractivity contribution < 1.29 is 18.7 Å². The van der Waals surface area contributed by atoms with E-state index in [-0.39, 0.29) is 23.7 Å². The van der Waals surface area contributed by atoms with Gasteiger partial charge < -0.3 is 14.5 Å². The van der Waals surface area contributed by atoms with Crippen molar-refractivity contribution in [2.45, 2.75) is 31.2 Å². The van der Waals surface area contributed by atoms with Gasteiger partial charge in [-0.3, -0.25) is 14.7 Å². The van der Waals surface area contributed by atoms with E-state index >= 15 is 0 Å². The topological polar surface area (TPSA) is 78.5 Å². The van der Waals surface area contributed by atoms with Crippen molar-refractivity contribution in [1.82, 2.24) is 20.0 Å². The lowest BCUT2D eigenvalue weighted by Gasteiger charge is -2.32. The highest BCUT2D eigenvalue weighted by Crippen LogP contribution is 2.52. The molecule has 2 aromatic rings. The fourth-order valence-electron chi connectivity index (χ4n) is 5.43. The van der Waals surface area contributed by atoms with Gasteiger partial charge in [-0.05, 0) is 17.7 Å². The Morgan fingerprint density at radius 2 is 2.17 bits per heavy atom. The highest BCUT2D eigenvalue weighted by atomic mass is 19.1. The van der Waals surface area contributed by atoms with Gasteiger partial charge in [-0.15, -0.1) is 0 Å². The predicted molar refractivity (Wildman–Crippen MR) is 103 cm³/mol. The Labute approximate surface area is 172 Å². The summed E-state index contributed by atoms with van der Waals surface area (Å²) in [4.78, 5) is 30.4. The third-order valence-electron chi connectivity index (χ3n) is 6.86. The van der Waals surface area contributed by atoms with Crippen molar-refractivity contribution in [1.29, 1.82) is 0 Å². The number of hydrogen-bond acceptors (Lipinski definition) is 4. The summed E-state index contributed by atoms with van der Waals surface area (Å²) >= 11 is 0. The van der Waals surface area contributed by atoms with E-state index < -0.39 is 17.4 Å². The second-order valence-corrected chi connectivity index (χ2v) is 8.60. The molecular weight excluding hydrogens is 387 g/mol. The third kappa shape index (κ3) is 2.49. The Morgan fingerprint density at radius 3 is 3.00 bits per heavy atom. The zero-order chi connectivity index (χ0) is 20.5. The Hall–Kier alpha value is -3.00. The van der Waals surface area contributed by atoms with E-state index in [9.17, 15) is 14.0 Å². The molecule has 1 aromatic heterocycles. The first kappa shape index (κ1) is 17.8. The van der Waals surface area contributed by atoms with Gasteiger partial charge in [0.15, 0.2) is 0 Å². The van der Waals surface area contributed by atoms with Crippen LogP contribution in [0.3, 0.4) is 0 Å². The fourth-order valence-corrected chi connectivity index (χ4v) is 5.43. The number of fused-ring (bicyclic) bond motifs is 2. The summed E-state index contributed by atoms with van der Waals surface area (Å²) in [7, 11) is 0. The minimum Gasteiger partial charge on any atom is -0.360 e. The van der Waals surface area contributed by atoms with Crippen LogP contribution in [0, 0.1) is 17.7 Å². The standard InChI is InChI=1S/C22H21FN4O3/c23-15-3-1-13(2-4-15)10-27-12-22-7-5-17(30-22)18(19(22)21(27)29)20(28)26-8-6-16-14(11-26)9-24-25-16/h1-5,7,9,17-19H,6,8,10-12H2,(H,24,25)/t17-,18?,19?,22-/m0/s1. The predicted octanol–water partition coefficient (Wildman–Crippen LogP) is 1.42. The Morgan fingerprint density at radius 1 is 1.33 bits per heavy atom. The molecule has 4 atom stereocenters. The van der Waals surface area contributed by atoms with Crippen molar-refractivity contribution in [3.05, 3.63) is 65.3 Å². The van der Waals surface area contributed by atoms with Crippen LogP contribution in [0.5, 0.6) is 0 Å². The first-order chi connectivity index (χ1) is 14.5. The van der Waals surface area contributed by atoms with Crippen LogP contribution < -0.4 is 0 Å². The Balaban J connectivity index is 1.25. The number of likely N-dealkylation sites (tertiary alicyclic amines) is 1. The molecule has 4 aliphatic heterocycles. The van der Waals surface area contributed by atoms with E-state index in [1.165, 1.54) is 12.1 Å². The average Bonchev–Trinajstić information content (AvgIpc) is 3.50. The van der Waals surface area contributed by atoms with Crippen molar-refractivity contribution in [3.63, 3.8) is 0 Å². The first-order valence-corrected chi connectivity index (χ1v) is 10.2. The number of carbonyl (C=O) groups excluding carboxylic acids is 2. The van der Waals surface area contributed by atoms with Crippen molar-refractivity contribution in [2.75, 3.05) is 13.1 Å². The van der Waals surface area contributed by atoms with Crippen molar-refractivity contribution in [2.24, 2.45) is 11.8 Å². The van der Waals surface area contributed by atoms with Gasteiger partial charge in [-0.1, -0.05) is 24.3 Å². The van der Waals surface area contributed by atoms with Crippen LogP contribution in [0.2, 0.25) is 0 Å². The summed E-state index contributed by atoms with van der Waals surface area (Å²) in [5.41, 5.74) is 2.21. The second-order valence-electron chi connectivity index (χ2n) is 8.60. The van der Waals surface area contributed by atoms with Crippen LogP contribution in [-0.4, -0.2) is 56.6 Å². The van der Waals surface area contributed by atoms with E-state index in [0.717, 1.165) is 23.2 Å². The van der Waals surface area contributed by atoms with Gasteiger partial charge in [0.1, 0.15) is 11.4 Å². The number of rotatable bonds is 3. The molecule has 154 valence electrons. The molecule has 8 heteroatoms. The molecule has 2 bridgehead atoms. The van der Waals surface area contributed by atoms with Crippen LogP contribution in [0.1, 0.15) is 16.8 Å². The molecule has 2 saturated heterocycles. The molecule has 2 fully saturated rings. The molecule has 4 aliphatic rings. The Kier molecular flexibility index (Phi) is 3.71. The van der Waals surface area contributed by atoms with Crippen LogP contribution >= 0.6 is 0 Å². The van der Waals surface area contributed by atoms with E-state index in [1.807, 2.05) is 17.1 Å². The molecule has 30 heavy (non-hydrogen) atoms. The summed E-state index contributed by atoms with van der Waals surface area (Å²) in [6.45, 7) is 1.90. The summed E-state index contributed by atoms with van der Waals surface area (Å²) in [6.07, 6.45) is 6.03. The number of aromatic amines is 1. The number of halogens is 1. The normalized spacial score (nSPS) is 31.4. The highest BCUT2D eigenvalue weighted by Gasteiger charge is 2.67. The van der Waals surface area contributed by atoms with E-state index in [4.69, 9.17) is 4.74 Å². The molecule has 1 aromatic carbocycles. The SMILES string of the molecule is O=C(C1C2C(=O)N(Cc3ccc(F)cc3)C[C@@]23C=C[C@@H]1O3)N1CCc2[nH]ncc2C1. The molecule has 1 N–H and O–H groups in total. The molecule has 0 saturated carbocycles. The van der Waals surface area contributed by atoms with E-state index in [1.54, 1.807) is 23.2 Å². The van der Waals surface area contributed by atoms with Crippen molar-refractivity contribution >= 4 is 11.8 Å². The smallest absolute Gasteiger partial charge is 0.230 e.